The first-order valence-corrected chi connectivity index (χ1v) is 11.9. The third-order valence-corrected chi connectivity index (χ3v) is 6.92. The Morgan fingerprint density at radius 3 is 2.57 bits per heavy atom. The molecular weight excluding hydrogens is 418 g/mol. The van der Waals surface area contributed by atoms with Gasteiger partial charge in [-0.15, -0.1) is 16.4 Å². The van der Waals surface area contributed by atoms with E-state index in [4.69, 9.17) is 22.1 Å². The van der Waals surface area contributed by atoms with Crippen LogP contribution in [0.2, 0.25) is 0 Å². The van der Waals surface area contributed by atoms with Gasteiger partial charge in [0.05, 0.1) is 11.5 Å². The van der Waals surface area contributed by atoms with E-state index in [-0.39, 0.29) is 12.1 Å². The molecule has 3 heterocycles. The summed E-state index contributed by atoms with van der Waals surface area (Å²) in [5.74, 6) is 0.997. The molecule has 1 saturated heterocycles. The summed E-state index contributed by atoms with van der Waals surface area (Å²) < 4.78 is 10.5. The smallest absolute Gasteiger partial charge is 0.410 e. The van der Waals surface area contributed by atoms with Crippen molar-refractivity contribution in [1.82, 2.24) is 24.1 Å². The van der Waals surface area contributed by atoms with Gasteiger partial charge in [0.2, 0.25) is 0 Å². The van der Waals surface area contributed by atoms with Crippen molar-refractivity contribution < 1.29 is 9.53 Å². The lowest BCUT2D eigenvalue weighted by atomic mass is 10.0. The second-order valence-electron chi connectivity index (χ2n) is 9.27. The Morgan fingerprint density at radius 1 is 1.30 bits per heavy atom. The van der Waals surface area contributed by atoms with Crippen LogP contribution in [0.15, 0.2) is 17.5 Å². The number of hydrogen-bond donors (Lipinski definition) is 0. The Labute approximate surface area is 187 Å². The van der Waals surface area contributed by atoms with Crippen molar-refractivity contribution >= 4 is 29.6 Å². The molecular formula is C21H31N5O2S2. The fourth-order valence-electron chi connectivity index (χ4n) is 3.87. The van der Waals surface area contributed by atoms with E-state index in [1.54, 1.807) is 16.2 Å². The molecule has 0 spiro atoms. The normalized spacial score (nSPS) is 18.5. The molecule has 0 N–H and O–H groups in total. The third-order valence-electron chi connectivity index (χ3n) is 5.64. The van der Waals surface area contributed by atoms with Gasteiger partial charge < -0.3 is 9.64 Å². The van der Waals surface area contributed by atoms with Gasteiger partial charge in [-0.05, 0) is 70.1 Å². The van der Waals surface area contributed by atoms with E-state index < -0.39 is 5.60 Å². The molecule has 0 aromatic carbocycles. The largest absolute Gasteiger partial charge is 0.444 e. The highest BCUT2D eigenvalue weighted by atomic mass is 32.1. The maximum absolute atomic E-state index is 12.4. The number of amides is 1. The lowest BCUT2D eigenvalue weighted by Gasteiger charge is -2.37. The van der Waals surface area contributed by atoms with Crippen LogP contribution >= 0.6 is 23.6 Å². The van der Waals surface area contributed by atoms with Crippen LogP contribution in [-0.4, -0.2) is 62.0 Å². The van der Waals surface area contributed by atoms with Gasteiger partial charge in [0, 0.05) is 32.2 Å². The number of piperidine rings is 1. The lowest BCUT2D eigenvalue weighted by molar-refractivity contribution is 0.0134. The van der Waals surface area contributed by atoms with E-state index in [0.29, 0.717) is 12.7 Å². The minimum Gasteiger partial charge on any atom is -0.444 e. The number of hydrogen-bond acceptors (Lipinski definition) is 6. The predicted molar refractivity (Wildman–Crippen MR) is 121 cm³/mol. The first-order chi connectivity index (χ1) is 14.2. The summed E-state index contributed by atoms with van der Waals surface area (Å²) in [6.07, 6.45) is 3.96. The molecule has 2 aromatic rings. The maximum atomic E-state index is 12.4. The molecule has 1 aliphatic heterocycles. The fraction of sp³-hybridized carbons (Fsp3) is 0.667. The van der Waals surface area contributed by atoms with Crippen molar-refractivity contribution in [3.05, 3.63) is 22.3 Å². The zero-order valence-electron chi connectivity index (χ0n) is 18.2. The molecule has 7 nitrogen and oxygen atoms in total. The van der Waals surface area contributed by atoms with Crippen LogP contribution in [-0.2, 0) is 11.4 Å². The van der Waals surface area contributed by atoms with Gasteiger partial charge in [0.1, 0.15) is 5.60 Å². The third kappa shape index (κ3) is 4.78. The molecule has 2 aromatic heterocycles. The second-order valence-corrected chi connectivity index (χ2v) is 10.6. The second kappa shape index (κ2) is 8.43. The van der Waals surface area contributed by atoms with Gasteiger partial charge in [-0.25, -0.2) is 9.48 Å². The predicted octanol–water partition coefficient (Wildman–Crippen LogP) is 4.77. The van der Waals surface area contributed by atoms with Gasteiger partial charge in [0.25, 0.3) is 0 Å². The summed E-state index contributed by atoms with van der Waals surface area (Å²) in [7, 11) is 1.84. The van der Waals surface area contributed by atoms with Crippen molar-refractivity contribution in [2.45, 2.75) is 70.8 Å². The highest BCUT2D eigenvalue weighted by Crippen LogP contribution is 2.39. The number of likely N-dealkylation sites (tertiary alicyclic amines) is 1. The minimum absolute atomic E-state index is 0.203. The SMILES string of the molecule is CN(C(=O)OC(C)(C)C)C1CCN(Cn2nc(-c3cccs3)n(C3CC3)c2=S)CC1. The van der Waals surface area contributed by atoms with E-state index in [0.717, 1.165) is 36.5 Å². The van der Waals surface area contributed by atoms with Crippen LogP contribution in [0.25, 0.3) is 10.7 Å². The Bertz CT molecular complexity index is 932. The number of thiophene rings is 1. The van der Waals surface area contributed by atoms with Gasteiger partial charge in [0.15, 0.2) is 10.6 Å². The van der Waals surface area contributed by atoms with E-state index >= 15 is 0 Å². The van der Waals surface area contributed by atoms with Crippen molar-refractivity contribution in [3.63, 3.8) is 0 Å². The molecule has 2 fully saturated rings. The molecule has 1 saturated carbocycles. The van der Waals surface area contributed by atoms with E-state index in [1.165, 1.54) is 17.7 Å². The Morgan fingerprint density at radius 2 is 2.00 bits per heavy atom. The standard InChI is InChI=1S/C21H31N5O2S2/c1-21(2,3)28-20(27)23(4)15-9-11-24(12-10-15)14-25-19(29)26(16-7-8-16)18(22-25)17-6-5-13-30-17/h5-6,13,15-16H,7-12,14H2,1-4H3. The van der Waals surface area contributed by atoms with Gasteiger partial charge >= 0.3 is 6.09 Å². The molecule has 0 atom stereocenters. The average molecular weight is 450 g/mol. The lowest BCUT2D eigenvalue weighted by Crippen LogP contribution is -2.47. The summed E-state index contributed by atoms with van der Waals surface area (Å²) in [6, 6.07) is 4.88. The summed E-state index contributed by atoms with van der Waals surface area (Å²) >= 11 is 7.50. The average Bonchev–Trinajstić information content (AvgIpc) is 3.26. The molecule has 0 bridgehead atoms. The van der Waals surface area contributed by atoms with E-state index in [1.807, 2.05) is 32.5 Å². The Balaban J connectivity index is 1.39. The molecule has 9 heteroatoms. The molecule has 164 valence electrons. The monoisotopic (exact) mass is 449 g/mol. The van der Waals surface area contributed by atoms with Crippen LogP contribution in [0, 0.1) is 4.77 Å². The molecule has 30 heavy (non-hydrogen) atoms. The van der Waals surface area contributed by atoms with Gasteiger partial charge in [-0.3, -0.25) is 9.47 Å². The van der Waals surface area contributed by atoms with Crippen LogP contribution in [0.5, 0.6) is 0 Å². The topological polar surface area (TPSA) is 55.5 Å². The highest BCUT2D eigenvalue weighted by Gasteiger charge is 2.31. The summed E-state index contributed by atoms with van der Waals surface area (Å²) in [5.41, 5.74) is -0.469. The first-order valence-electron chi connectivity index (χ1n) is 10.6. The fourth-order valence-corrected chi connectivity index (χ4v) is 4.91. The summed E-state index contributed by atoms with van der Waals surface area (Å²) in [6.45, 7) is 8.21. The van der Waals surface area contributed by atoms with Crippen molar-refractivity contribution in [2.24, 2.45) is 0 Å². The molecule has 1 aliphatic carbocycles. The zero-order chi connectivity index (χ0) is 21.5. The number of nitrogens with zero attached hydrogens (tertiary/aromatic N) is 5. The van der Waals surface area contributed by atoms with Crippen molar-refractivity contribution in [1.29, 1.82) is 0 Å². The van der Waals surface area contributed by atoms with Crippen LogP contribution in [0.4, 0.5) is 4.79 Å². The van der Waals surface area contributed by atoms with Crippen molar-refractivity contribution in [2.75, 3.05) is 20.1 Å². The number of aromatic nitrogens is 3. The number of carbonyl (C=O) groups is 1. The zero-order valence-corrected chi connectivity index (χ0v) is 19.8. The van der Waals surface area contributed by atoms with Gasteiger partial charge in [-0.1, -0.05) is 6.07 Å². The first kappa shape index (κ1) is 21.5. The van der Waals surface area contributed by atoms with E-state index in [9.17, 15) is 4.79 Å². The Hall–Kier alpha value is -1.71. The number of rotatable bonds is 5. The molecule has 2 aliphatic rings. The quantitative estimate of drug-likeness (QED) is 0.616. The molecule has 4 rings (SSSR count). The van der Waals surface area contributed by atoms with E-state index in [2.05, 4.69) is 27.0 Å². The Kier molecular flexibility index (Phi) is 6.05. The van der Waals surface area contributed by atoms with Gasteiger partial charge in [-0.2, -0.15) is 0 Å². The number of ether oxygens (including phenoxy) is 1. The molecule has 0 unspecified atom stereocenters. The van der Waals surface area contributed by atoms with Crippen molar-refractivity contribution in [3.8, 4) is 10.7 Å². The van der Waals surface area contributed by atoms with Crippen LogP contribution in [0.1, 0.15) is 52.5 Å². The molecule has 0 radical (unpaired) electrons. The highest BCUT2D eigenvalue weighted by molar-refractivity contribution is 7.71. The van der Waals surface area contributed by atoms with Crippen LogP contribution in [0.3, 0.4) is 0 Å². The van der Waals surface area contributed by atoms with Crippen LogP contribution < -0.4 is 0 Å². The summed E-state index contributed by atoms with van der Waals surface area (Å²) in [4.78, 5) is 17.7. The minimum atomic E-state index is -0.469. The number of carbonyl (C=O) groups excluding carboxylic acids is 1. The summed E-state index contributed by atoms with van der Waals surface area (Å²) in [5, 5.41) is 6.97. The maximum Gasteiger partial charge on any atom is 0.410 e. The molecule has 1 amide bonds.